The summed E-state index contributed by atoms with van der Waals surface area (Å²) < 4.78 is 39.2. The van der Waals surface area contributed by atoms with Gasteiger partial charge in [-0.05, 0) is 49.7 Å². The highest BCUT2D eigenvalue weighted by Gasteiger charge is 2.29. The Morgan fingerprint density at radius 2 is 1.80 bits per heavy atom. The standard InChI is InChI=1S/C18H18N2O4S/c1-18(2,14-6-7-16-17(11-14)24-9-8-23-16)20-25(21,22)15-5-3-4-13(10-15)12-19/h3-7,10-11,20H,8-9H2,1-2H3. The molecule has 0 radical (unpaired) electrons. The van der Waals surface area contributed by atoms with Crippen LogP contribution in [0, 0.1) is 11.3 Å². The molecule has 0 aliphatic carbocycles. The van der Waals surface area contributed by atoms with Crippen molar-refractivity contribution < 1.29 is 17.9 Å². The first-order valence-electron chi connectivity index (χ1n) is 7.76. The van der Waals surface area contributed by atoms with E-state index in [-0.39, 0.29) is 4.90 Å². The molecule has 0 unspecified atom stereocenters. The molecule has 7 heteroatoms. The van der Waals surface area contributed by atoms with E-state index in [1.807, 2.05) is 12.1 Å². The Labute approximate surface area is 147 Å². The van der Waals surface area contributed by atoms with Crippen LogP contribution in [0.25, 0.3) is 0 Å². The first-order chi connectivity index (χ1) is 11.8. The van der Waals surface area contributed by atoms with Gasteiger partial charge in [0, 0.05) is 0 Å². The van der Waals surface area contributed by atoms with Crippen molar-refractivity contribution in [3.8, 4) is 17.6 Å². The summed E-state index contributed by atoms with van der Waals surface area (Å²) >= 11 is 0. The van der Waals surface area contributed by atoms with Gasteiger partial charge in [-0.3, -0.25) is 0 Å². The summed E-state index contributed by atoms with van der Waals surface area (Å²) in [5.74, 6) is 1.25. The summed E-state index contributed by atoms with van der Waals surface area (Å²) in [6, 6.07) is 13.2. The molecule has 0 amide bonds. The minimum atomic E-state index is -3.79. The van der Waals surface area contributed by atoms with Crippen molar-refractivity contribution >= 4 is 10.0 Å². The number of fused-ring (bicyclic) bond motifs is 1. The molecule has 0 saturated heterocycles. The van der Waals surface area contributed by atoms with Crippen LogP contribution in [0.2, 0.25) is 0 Å². The normalized spacial score (nSPS) is 14.0. The van der Waals surface area contributed by atoms with Gasteiger partial charge in [0.05, 0.1) is 22.1 Å². The number of benzene rings is 2. The molecule has 0 saturated carbocycles. The van der Waals surface area contributed by atoms with Crippen molar-refractivity contribution in [3.05, 3.63) is 53.6 Å². The molecule has 1 heterocycles. The van der Waals surface area contributed by atoms with Gasteiger partial charge >= 0.3 is 0 Å². The number of sulfonamides is 1. The van der Waals surface area contributed by atoms with Gasteiger partial charge in [0.2, 0.25) is 10.0 Å². The summed E-state index contributed by atoms with van der Waals surface area (Å²) in [6.07, 6.45) is 0. The van der Waals surface area contributed by atoms with Crippen LogP contribution in [-0.4, -0.2) is 21.6 Å². The van der Waals surface area contributed by atoms with Crippen LogP contribution in [0.3, 0.4) is 0 Å². The highest BCUT2D eigenvalue weighted by Crippen LogP contribution is 2.34. The lowest BCUT2D eigenvalue weighted by molar-refractivity contribution is 0.171. The molecule has 6 nitrogen and oxygen atoms in total. The van der Waals surface area contributed by atoms with Gasteiger partial charge in [0.1, 0.15) is 13.2 Å². The van der Waals surface area contributed by atoms with Crippen LogP contribution >= 0.6 is 0 Å². The third-order valence-electron chi connectivity index (χ3n) is 3.93. The van der Waals surface area contributed by atoms with Crippen molar-refractivity contribution in [2.24, 2.45) is 0 Å². The number of nitriles is 1. The van der Waals surface area contributed by atoms with Gasteiger partial charge in [-0.15, -0.1) is 0 Å². The fraction of sp³-hybridized carbons (Fsp3) is 0.278. The van der Waals surface area contributed by atoms with Gasteiger partial charge in [-0.1, -0.05) is 12.1 Å². The second-order valence-corrected chi connectivity index (χ2v) is 7.91. The van der Waals surface area contributed by atoms with Gasteiger partial charge in [-0.2, -0.15) is 5.26 Å². The van der Waals surface area contributed by atoms with Gasteiger partial charge < -0.3 is 9.47 Å². The summed E-state index contributed by atoms with van der Waals surface area (Å²) in [7, 11) is -3.79. The Balaban J connectivity index is 1.91. The van der Waals surface area contributed by atoms with Crippen molar-refractivity contribution in [1.29, 1.82) is 5.26 Å². The van der Waals surface area contributed by atoms with Crippen LogP contribution in [0.1, 0.15) is 25.0 Å². The van der Waals surface area contributed by atoms with Crippen molar-refractivity contribution in [3.63, 3.8) is 0 Å². The second-order valence-electron chi connectivity index (χ2n) is 6.23. The first kappa shape index (κ1) is 17.3. The first-order valence-corrected chi connectivity index (χ1v) is 9.24. The number of nitrogens with zero attached hydrogens (tertiary/aromatic N) is 1. The average molecular weight is 358 g/mol. The van der Waals surface area contributed by atoms with Crippen LogP contribution in [0.15, 0.2) is 47.4 Å². The molecule has 2 aromatic carbocycles. The molecule has 0 atom stereocenters. The number of nitrogens with one attached hydrogen (secondary N) is 1. The van der Waals surface area contributed by atoms with Crippen molar-refractivity contribution in [1.82, 2.24) is 4.72 Å². The molecule has 1 N–H and O–H groups in total. The quantitative estimate of drug-likeness (QED) is 0.907. The predicted molar refractivity (Wildman–Crippen MR) is 91.9 cm³/mol. The molecule has 0 fully saturated rings. The fourth-order valence-corrected chi connectivity index (χ4v) is 4.07. The van der Waals surface area contributed by atoms with Crippen LogP contribution in [-0.2, 0) is 15.6 Å². The lowest BCUT2D eigenvalue weighted by Gasteiger charge is -2.28. The van der Waals surface area contributed by atoms with Gasteiger partial charge in [0.15, 0.2) is 11.5 Å². The number of hydrogen-bond acceptors (Lipinski definition) is 5. The van der Waals surface area contributed by atoms with E-state index in [2.05, 4.69) is 4.72 Å². The highest BCUT2D eigenvalue weighted by atomic mass is 32.2. The highest BCUT2D eigenvalue weighted by molar-refractivity contribution is 7.89. The fourth-order valence-electron chi connectivity index (χ4n) is 2.62. The maximum absolute atomic E-state index is 12.7. The Morgan fingerprint density at radius 1 is 1.08 bits per heavy atom. The molecule has 2 aromatic rings. The number of rotatable bonds is 4. The van der Waals surface area contributed by atoms with E-state index in [1.54, 1.807) is 38.1 Å². The third-order valence-corrected chi connectivity index (χ3v) is 5.58. The molecular formula is C18H18N2O4S. The molecule has 0 bridgehead atoms. The molecule has 0 aromatic heterocycles. The molecular weight excluding hydrogens is 340 g/mol. The summed E-state index contributed by atoms with van der Waals surface area (Å²) in [5.41, 5.74) is 0.161. The smallest absolute Gasteiger partial charge is 0.241 e. The molecule has 25 heavy (non-hydrogen) atoms. The minimum absolute atomic E-state index is 0.0529. The number of hydrogen-bond donors (Lipinski definition) is 1. The second kappa shape index (κ2) is 6.39. The Bertz CT molecular complexity index is 946. The largest absolute Gasteiger partial charge is 0.486 e. The maximum Gasteiger partial charge on any atom is 0.241 e. The topological polar surface area (TPSA) is 88.4 Å². The van der Waals surface area contributed by atoms with Crippen LogP contribution in [0.4, 0.5) is 0 Å². The summed E-state index contributed by atoms with van der Waals surface area (Å²) in [6.45, 7) is 4.50. The van der Waals surface area contributed by atoms with Crippen molar-refractivity contribution in [2.45, 2.75) is 24.3 Å². The minimum Gasteiger partial charge on any atom is -0.486 e. The van der Waals surface area contributed by atoms with E-state index < -0.39 is 15.6 Å². The van der Waals surface area contributed by atoms with E-state index in [0.29, 0.717) is 30.3 Å². The van der Waals surface area contributed by atoms with E-state index in [9.17, 15) is 8.42 Å². The molecule has 130 valence electrons. The third kappa shape index (κ3) is 3.60. The van der Waals surface area contributed by atoms with E-state index >= 15 is 0 Å². The Kier molecular flexibility index (Phi) is 4.41. The predicted octanol–water partition coefficient (Wildman–Crippen LogP) is 2.54. The lowest BCUT2D eigenvalue weighted by atomic mass is 9.95. The average Bonchev–Trinajstić information content (AvgIpc) is 2.60. The maximum atomic E-state index is 12.7. The lowest BCUT2D eigenvalue weighted by Crippen LogP contribution is -2.41. The van der Waals surface area contributed by atoms with Gasteiger partial charge in [0.25, 0.3) is 0 Å². The molecule has 3 rings (SSSR count). The summed E-state index contributed by atoms with van der Waals surface area (Å²) in [5, 5.41) is 8.96. The SMILES string of the molecule is CC(C)(NS(=O)(=O)c1cccc(C#N)c1)c1ccc2c(c1)OCCO2. The number of ether oxygens (including phenoxy) is 2. The molecule has 1 aliphatic heterocycles. The van der Waals surface area contributed by atoms with Crippen LogP contribution < -0.4 is 14.2 Å². The van der Waals surface area contributed by atoms with E-state index in [0.717, 1.165) is 5.56 Å². The van der Waals surface area contributed by atoms with E-state index in [1.165, 1.54) is 12.1 Å². The zero-order chi connectivity index (χ0) is 18.1. The monoisotopic (exact) mass is 358 g/mol. The Morgan fingerprint density at radius 3 is 2.52 bits per heavy atom. The Hall–Kier alpha value is -2.56. The molecule has 1 aliphatic rings. The van der Waals surface area contributed by atoms with Crippen LogP contribution in [0.5, 0.6) is 11.5 Å². The zero-order valence-electron chi connectivity index (χ0n) is 13.9. The van der Waals surface area contributed by atoms with E-state index in [4.69, 9.17) is 14.7 Å². The van der Waals surface area contributed by atoms with Crippen molar-refractivity contribution in [2.75, 3.05) is 13.2 Å². The summed E-state index contributed by atoms with van der Waals surface area (Å²) in [4.78, 5) is 0.0529. The van der Waals surface area contributed by atoms with Gasteiger partial charge in [-0.25, -0.2) is 13.1 Å². The molecule has 0 spiro atoms. The zero-order valence-corrected chi connectivity index (χ0v) is 14.8.